The summed E-state index contributed by atoms with van der Waals surface area (Å²) in [5.41, 5.74) is 0. The minimum atomic E-state index is 0.193. The van der Waals surface area contributed by atoms with Crippen LogP contribution < -0.4 is 5.32 Å². The number of aliphatic imine (C=N–C) groups is 1. The highest BCUT2D eigenvalue weighted by Crippen LogP contribution is 2.27. The maximum atomic E-state index is 8.51. The van der Waals surface area contributed by atoms with Crippen molar-refractivity contribution in [3.05, 3.63) is 0 Å². The lowest BCUT2D eigenvalue weighted by Gasteiger charge is -2.05. The van der Waals surface area contributed by atoms with Crippen molar-refractivity contribution in [3.63, 3.8) is 0 Å². The molecular formula is C10H14N4. The molecule has 4 heteroatoms. The summed E-state index contributed by atoms with van der Waals surface area (Å²) in [5, 5.41) is 19.4. The number of hydrogen-bond acceptors (Lipinski definition) is 3. The molecule has 14 heavy (non-hydrogen) atoms. The fourth-order valence-corrected chi connectivity index (χ4v) is 1.78. The molecule has 1 rings (SSSR count). The van der Waals surface area contributed by atoms with Crippen molar-refractivity contribution in [1.82, 2.24) is 5.32 Å². The predicted octanol–water partition coefficient (Wildman–Crippen LogP) is 1.56. The van der Waals surface area contributed by atoms with Crippen LogP contribution in [0.5, 0.6) is 0 Å². The van der Waals surface area contributed by atoms with E-state index in [1.165, 1.54) is 6.42 Å². The molecule has 1 aliphatic carbocycles. The zero-order valence-electron chi connectivity index (χ0n) is 8.32. The van der Waals surface area contributed by atoms with Crippen LogP contribution >= 0.6 is 0 Å². The van der Waals surface area contributed by atoms with Gasteiger partial charge in [-0.05, 0) is 25.2 Å². The lowest BCUT2D eigenvalue weighted by atomic mass is 10.1. The normalized spacial score (nSPS) is 26.6. The molecule has 0 spiro atoms. The zero-order valence-corrected chi connectivity index (χ0v) is 8.32. The van der Waals surface area contributed by atoms with Gasteiger partial charge in [0.25, 0.3) is 0 Å². The Kier molecular flexibility index (Phi) is 3.94. The van der Waals surface area contributed by atoms with Gasteiger partial charge in [-0.25, -0.2) is 0 Å². The van der Waals surface area contributed by atoms with Gasteiger partial charge in [0, 0.05) is 0 Å². The lowest BCUT2D eigenvalue weighted by Crippen LogP contribution is -2.19. The van der Waals surface area contributed by atoms with Gasteiger partial charge in [-0.1, -0.05) is 6.92 Å². The maximum Gasteiger partial charge on any atom is 0.182 e. The van der Waals surface area contributed by atoms with E-state index in [1.54, 1.807) is 6.19 Å². The second-order valence-corrected chi connectivity index (χ2v) is 3.72. The Morgan fingerprint density at radius 1 is 1.50 bits per heavy atom. The van der Waals surface area contributed by atoms with Crippen LogP contribution in [0.15, 0.2) is 4.99 Å². The van der Waals surface area contributed by atoms with Crippen LogP contribution in [0.1, 0.15) is 32.6 Å². The Hall–Kier alpha value is -1.55. The second-order valence-electron chi connectivity index (χ2n) is 3.72. The van der Waals surface area contributed by atoms with Crippen molar-refractivity contribution in [3.8, 4) is 12.3 Å². The monoisotopic (exact) mass is 190 g/mol. The zero-order chi connectivity index (χ0) is 10.4. The minimum Gasteiger partial charge on any atom is -0.280 e. The van der Waals surface area contributed by atoms with Crippen molar-refractivity contribution in [2.24, 2.45) is 10.9 Å². The van der Waals surface area contributed by atoms with Crippen LogP contribution in [0, 0.1) is 28.7 Å². The van der Waals surface area contributed by atoms with E-state index in [9.17, 15) is 0 Å². The summed E-state index contributed by atoms with van der Waals surface area (Å²) < 4.78 is 0. The molecule has 1 N–H and O–H groups in total. The number of hydrogen-bond donors (Lipinski definition) is 1. The molecule has 1 fully saturated rings. The van der Waals surface area contributed by atoms with Gasteiger partial charge in [-0.2, -0.15) is 10.5 Å². The number of amidine groups is 1. The van der Waals surface area contributed by atoms with Gasteiger partial charge in [0.1, 0.15) is 5.84 Å². The third-order valence-electron chi connectivity index (χ3n) is 2.45. The molecule has 0 radical (unpaired) electrons. The molecule has 0 aromatic heterocycles. The minimum absolute atomic E-state index is 0.193. The standard InChI is InChI=1S/C10H14N4/c1-8-2-3-9(6-8)14-10(4-5-11)13-7-12/h8-9H,2-4,6H2,1H3,(H,13,14). The summed E-state index contributed by atoms with van der Waals surface area (Å²) in [7, 11) is 0. The van der Waals surface area contributed by atoms with Crippen LogP contribution in [0.25, 0.3) is 0 Å². The van der Waals surface area contributed by atoms with E-state index < -0.39 is 0 Å². The van der Waals surface area contributed by atoms with E-state index in [4.69, 9.17) is 10.5 Å². The summed E-state index contributed by atoms with van der Waals surface area (Å²) in [6, 6.07) is 2.29. The molecule has 0 aromatic rings. The predicted molar refractivity (Wildman–Crippen MR) is 53.2 cm³/mol. The van der Waals surface area contributed by atoms with E-state index in [-0.39, 0.29) is 6.42 Å². The third-order valence-corrected chi connectivity index (χ3v) is 2.45. The fourth-order valence-electron chi connectivity index (χ4n) is 1.78. The van der Waals surface area contributed by atoms with Crippen LogP contribution in [-0.2, 0) is 0 Å². The topological polar surface area (TPSA) is 72.0 Å². The quantitative estimate of drug-likeness (QED) is 0.311. The summed E-state index contributed by atoms with van der Waals surface area (Å²) in [4.78, 5) is 4.37. The van der Waals surface area contributed by atoms with Gasteiger partial charge >= 0.3 is 0 Å². The average molecular weight is 190 g/mol. The van der Waals surface area contributed by atoms with Crippen LogP contribution in [0.4, 0.5) is 0 Å². The van der Waals surface area contributed by atoms with Gasteiger partial charge in [0.15, 0.2) is 6.19 Å². The van der Waals surface area contributed by atoms with E-state index in [0.717, 1.165) is 12.8 Å². The first-order valence-electron chi connectivity index (χ1n) is 4.85. The molecular weight excluding hydrogens is 176 g/mol. The van der Waals surface area contributed by atoms with Crippen molar-refractivity contribution in [2.75, 3.05) is 0 Å². The van der Waals surface area contributed by atoms with Gasteiger partial charge in [0.2, 0.25) is 0 Å². The van der Waals surface area contributed by atoms with Gasteiger partial charge in [-0.3, -0.25) is 10.3 Å². The van der Waals surface area contributed by atoms with E-state index >= 15 is 0 Å². The first kappa shape index (κ1) is 10.5. The number of nitrogens with zero attached hydrogens (tertiary/aromatic N) is 3. The largest absolute Gasteiger partial charge is 0.280 e. The summed E-state index contributed by atoms with van der Waals surface area (Å²) >= 11 is 0. The molecule has 0 aromatic carbocycles. The summed E-state index contributed by atoms with van der Waals surface area (Å²) in [6.07, 6.45) is 5.34. The average Bonchev–Trinajstić information content (AvgIpc) is 2.52. The Morgan fingerprint density at radius 3 is 2.79 bits per heavy atom. The number of nitrogens with one attached hydrogen (secondary N) is 1. The Balaban J connectivity index is 2.54. The SMILES string of the molecule is CC1CCC(N=C(CC#N)NC#N)C1. The first-order valence-corrected chi connectivity index (χ1v) is 4.85. The maximum absolute atomic E-state index is 8.51. The lowest BCUT2D eigenvalue weighted by molar-refractivity contribution is 0.594. The summed E-state index contributed by atoms with van der Waals surface area (Å²) in [5.74, 6) is 1.23. The van der Waals surface area contributed by atoms with Gasteiger partial charge < -0.3 is 0 Å². The number of rotatable bonds is 2. The molecule has 1 saturated carbocycles. The molecule has 2 unspecified atom stereocenters. The molecule has 74 valence electrons. The molecule has 0 bridgehead atoms. The Bertz CT molecular complexity index is 276. The van der Waals surface area contributed by atoms with Crippen molar-refractivity contribution in [2.45, 2.75) is 38.6 Å². The summed E-state index contributed by atoms with van der Waals surface area (Å²) in [6.45, 7) is 2.21. The van der Waals surface area contributed by atoms with Crippen LogP contribution in [0.3, 0.4) is 0 Å². The molecule has 0 heterocycles. The third kappa shape index (κ3) is 3.06. The highest BCUT2D eigenvalue weighted by Gasteiger charge is 2.20. The Labute approximate surface area is 84.2 Å². The smallest absolute Gasteiger partial charge is 0.182 e. The molecule has 0 aliphatic heterocycles. The van der Waals surface area contributed by atoms with Crippen molar-refractivity contribution in [1.29, 1.82) is 10.5 Å². The van der Waals surface area contributed by atoms with Gasteiger partial charge in [0.05, 0.1) is 18.5 Å². The highest BCUT2D eigenvalue weighted by atomic mass is 15.0. The van der Waals surface area contributed by atoms with Crippen molar-refractivity contribution >= 4 is 5.84 Å². The molecule has 4 nitrogen and oxygen atoms in total. The van der Waals surface area contributed by atoms with Gasteiger partial charge in [-0.15, -0.1) is 0 Å². The number of nitriles is 2. The fraction of sp³-hybridized carbons (Fsp3) is 0.700. The molecule has 0 saturated heterocycles. The Morgan fingerprint density at radius 2 is 2.29 bits per heavy atom. The van der Waals surface area contributed by atoms with Crippen LogP contribution in [-0.4, -0.2) is 11.9 Å². The molecule has 0 amide bonds. The van der Waals surface area contributed by atoms with E-state index in [2.05, 4.69) is 17.2 Å². The first-order chi connectivity index (χ1) is 6.76. The van der Waals surface area contributed by atoms with E-state index in [0.29, 0.717) is 17.8 Å². The van der Waals surface area contributed by atoms with Crippen molar-refractivity contribution < 1.29 is 0 Å². The van der Waals surface area contributed by atoms with Crippen LogP contribution in [0.2, 0.25) is 0 Å². The van der Waals surface area contributed by atoms with E-state index in [1.807, 2.05) is 6.07 Å². The molecule has 2 atom stereocenters. The highest BCUT2D eigenvalue weighted by molar-refractivity contribution is 5.85. The molecule has 1 aliphatic rings. The second kappa shape index (κ2) is 5.24.